The van der Waals surface area contributed by atoms with Crippen LogP contribution in [0.5, 0.6) is 0 Å². The van der Waals surface area contributed by atoms with Crippen molar-refractivity contribution in [1.29, 1.82) is 0 Å². The number of aryl methyl sites for hydroxylation is 1. The molecule has 3 aromatic rings. The highest BCUT2D eigenvalue weighted by Gasteiger charge is 2.79. The lowest BCUT2D eigenvalue weighted by Gasteiger charge is -2.40. The number of rotatable bonds is 2. The summed E-state index contributed by atoms with van der Waals surface area (Å²) in [7, 11) is 0. The van der Waals surface area contributed by atoms with Gasteiger partial charge in [0.05, 0.1) is 23.8 Å². The standard InChI is InChI=1S/C26H23NO3/c1-14-9-11-16(12-10-14)26-22-19-13-18(23(28)24(19)30-26)21(22)25(29)27(26)20-8-4-6-15-5-2-3-7-17(15)20/h2-12,18-19,21-24,28H,13H2,1H3. The molecular formula is C26H23NO3. The molecule has 7 rings (SSSR count). The first kappa shape index (κ1) is 17.0. The van der Waals surface area contributed by atoms with Crippen molar-refractivity contribution >= 4 is 22.4 Å². The fourth-order valence-electron chi connectivity index (χ4n) is 7.04. The average Bonchev–Trinajstić information content (AvgIpc) is 3.44. The topological polar surface area (TPSA) is 49.8 Å². The summed E-state index contributed by atoms with van der Waals surface area (Å²) < 4.78 is 6.80. The minimum atomic E-state index is -0.846. The van der Waals surface area contributed by atoms with E-state index in [4.69, 9.17) is 4.74 Å². The van der Waals surface area contributed by atoms with E-state index >= 15 is 0 Å². The van der Waals surface area contributed by atoms with Gasteiger partial charge in [0.2, 0.25) is 5.91 Å². The Morgan fingerprint density at radius 3 is 2.60 bits per heavy atom. The smallest absolute Gasteiger partial charge is 0.233 e. The van der Waals surface area contributed by atoms with Crippen LogP contribution in [-0.2, 0) is 15.3 Å². The van der Waals surface area contributed by atoms with Crippen LogP contribution in [0.15, 0.2) is 66.7 Å². The summed E-state index contributed by atoms with van der Waals surface area (Å²) in [5.41, 5.74) is 2.26. The van der Waals surface area contributed by atoms with Gasteiger partial charge in [0.15, 0.2) is 5.72 Å². The van der Waals surface area contributed by atoms with E-state index in [1.807, 2.05) is 29.2 Å². The molecule has 0 aromatic heterocycles. The molecule has 2 saturated heterocycles. The monoisotopic (exact) mass is 397 g/mol. The Hall–Kier alpha value is -2.69. The van der Waals surface area contributed by atoms with Gasteiger partial charge in [0, 0.05) is 16.9 Å². The van der Waals surface area contributed by atoms with E-state index < -0.39 is 11.8 Å². The summed E-state index contributed by atoms with van der Waals surface area (Å²) >= 11 is 0. The highest BCUT2D eigenvalue weighted by molar-refractivity contribution is 6.07. The minimum absolute atomic E-state index is 0.00444. The van der Waals surface area contributed by atoms with Crippen molar-refractivity contribution in [2.24, 2.45) is 23.7 Å². The van der Waals surface area contributed by atoms with Crippen molar-refractivity contribution in [3.05, 3.63) is 77.9 Å². The van der Waals surface area contributed by atoms with Crippen LogP contribution in [0.4, 0.5) is 5.69 Å². The quantitative estimate of drug-likeness (QED) is 0.711. The van der Waals surface area contributed by atoms with Crippen LogP contribution in [0.1, 0.15) is 17.5 Å². The van der Waals surface area contributed by atoms with Crippen LogP contribution in [0.25, 0.3) is 10.8 Å². The summed E-state index contributed by atoms with van der Waals surface area (Å²) in [5.74, 6) is 0.251. The van der Waals surface area contributed by atoms with Crippen LogP contribution >= 0.6 is 0 Å². The van der Waals surface area contributed by atoms with Gasteiger partial charge in [-0.25, -0.2) is 0 Å². The average molecular weight is 397 g/mol. The maximum absolute atomic E-state index is 14.0. The Kier molecular flexibility index (Phi) is 3.13. The first-order chi connectivity index (χ1) is 14.6. The molecule has 3 aromatic carbocycles. The van der Waals surface area contributed by atoms with Gasteiger partial charge in [-0.1, -0.05) is 66.2 Å². The Bertz CT molecular complexity index is 1200. The molecule has 1 amide bonds. The number of fused-ring (bicyclic) bond motifs is 3. The van der Waals surface area contributed by atoms with Crippen molar-refractivity contribution in [3.8, 4) is 0 Å². The minimum Gasteiger partial charge on any atom is -0.390 e. The van der Waals surface area contributed by atoms with E-state index in [9.17, 15) is 9.90 Å². The van der Waals surface area contributed by atoms with Crippen LogP contribution in [0.3, 0.4) is 0 Å². The Balaban J connectivity index is 1.52. The molecule has 2 aliphatic carbocycles. The van der Waals surface area contributed by atoms with Crippen molar-refractivity contribution in [1.82, 2.24) is 0 Å². The molecule has 2 bridgehead atoms. The third kappa shape index (κ3) is 1.79. The maximum atomic E-state index is 14.0. The second kappa shape index (κ2) is 5.51. The number of ether oxygens (including phenoxy) is 1. The zero-order chi connectivity index (χ0) is 20.2. The summed E-state index contributed by atoms with van der Waals surface area (Å²) in [6, 6.07) is 22.7. The lowest BCUT2D eigenvalue weighted by molar-refractivity contribution is -0.133. The highest BCUT2D eigenvalue weighted by Crippen LogP contribution is 2.71. The SMILES string of the molecule is Cc1ccc(C23OC4C(O)C5CC4C2C5C(=O)N3c2cccc3ccccc23)cc1. The molecule has 7 unspecified atom stereocenters. The third-order valence-electron chi connectivity index (χ3n) is 8.13. The van der Waals surface area contributed by atoms with Crippen molar-refractivity contribution in [2.45, 2.75) is 31.3 Å². The van der Waals surface area contributed by atoms with Gasteiger partial charge in [0.1, 0.15) is 0 Å². The van der Waals surface area contributed by atoms with Gasteiger partial charge in [-0.15, -0.1) is 0 Å². The Morgan fingerprint density at radius 1 is 1.00 bits per heavy atom. The fraction of sp³-hybridized carbons (Fsp3) is 0.346. The zero-order valence-corrected chi connectivity index (χ0v) is 16.7. The molecule has 2 saturated carbocycles. The van der Waals surface area contributed by atoms with Gasteiger partial charge in [0.25, 0.3) is 0 Å². The second-order valence-corrected chi connectivity index (χ2v) is 9.42. The number of hydrogen-bond acceptors (Lipinski definition) is 3. The van der Waals surface area contributed by atoms with Crippen LogP contribution < -0.4 is 4.90 Å². The molecule has 7 atom stereocenters. The van der Waals surface area contributed by atoms with E-state index in [0.29, 0.717) is 0 Å². The summed E-state index contributed by atoms with van der Waals surface area (Å²) in [4.78, 5) is 15.9. The normalized spacial score (nSPS) is 38.2. The number of nitrogens with zero attached hydrogens (tertiary/aromatic N) is 1. The second-order valence-electron chi connectivity index (χ2n) is 9.42. The molecule has 0 radical (unpaired) electrons. The molecule has 0 spiro atoms. The van der Waals surface area contributed by atoms with Crippen LogP contribution in [0.2, 0.25) is 0 Å². The Labute approximate surface area is 175 Å². The first-order valence-electron chi connectivity index (χ1n) is 10.9. The Morgan fingerprint density at radius 2 is 1.77 bits per heavy atom. The lowest BCUT2D eigenvalue weighted by Crippen LogP contribution is -2.49. The fourth-order valence-corrected chi connectivity index (χ4v) is 7.04. The van der Waals surface area contributed by atoms with Gasteiger partial charge in [-0.2, -0.15) is 0 Å². The number of benzene rings is 3. The molecule has 150 valence electrons. The molecule has 2 aliphatic heterocycles. The number of carbonyl (C=O) groups is 1. The van der Waals surface area contributed by atoms with Gasteiger partial charge in [-0.3, -0.25) is 9.69 Å². The van der Waals surface area contributed by atoms with Gasteiger partial charge >= 0.3 is 0 Å². The number of amides is 1. The predicted octanol–water partition coefficient (Wildman–Crippen LogP) is 3.99. The molecule has 4 fully saturated rings. The predicted molar refractivity (Wildman–Crippen MR) is 114 cm³/mol. The number of aliphatic hydroxyl groups is 1. The summed E-state index contributed by atoms with van der Waals surface area (Å²) in [6.45, 7) is 2.07. The largest absolute Gasteiger partial charge is 0.390 e. The van der Waals surface area contributed by atoms with E-state index in [1.165, 1.54) is 5.56 Å². The number of aliphatic hydroxyl groups excluding tert-OH is 1. The molecule has 4 heteroatoms. The number of carbonyl (C=O) groups excluding carboxylic acids is 1. The van der Waals surface area contributed by atoms with E-state index in [1.54, 1.807) is 0 Å². The highest BCUT2D eigenvalue weighted by atomic mass is 16.6. The lowest BCUT2D eigenvalue weighted by atomic mass is 9.75. The molecule has 4 nitrogen and oxygen atoms in total. The van der Waals surface area contributed by atoms with Crippen molar-refractivity contribution < 1.29 is 14.6 Å². The summed E-state index contributed by atoms with van der Waals surface area (Å²) in [6.07, 6.45) is 0.162. The third-order valence-corrected chi connectivity index (χ3v) is 8.13. The molecule has 4 aliphatic rings. The number of anilines is 1. The van der Waals surface area contributed by atoms with Crippen LogP contribution in [-0.4, -0.2) is 23.2 Å². The maximum Gasteiger partial charge on any atom is 0.233 e. The first-order valence-corrected chi connectivity index (χ1v) is 10.9. The van der Waals surface area contributed by atoms with E-state index in [0.717, 1.165) is 28.4 Å². The van der Waals surface area contributed by atoms with Gasteiger partial charge < -0.3 is 9.84 Å². The van der Waals surface area contributed by atoms with E-state index in [-0.39, 0.29) is 35.7 Å². The number of hydrogen-bond donors (Lipinski definition) is 1. The van der Waals surface area contributed by atoms with Gasteiger partial charge in [-0.05, 0) is 36.6 Å². The molecule has 1 N–H and O–H groups in total. The molecule has 30 heavy (non-hydrogen) atoms. The van der Waals surface area contributed by atoms with Crippen molar-refractivity contribution in [2.75, 3.05) is 4.90 Å². The van der Waals surface area contributed by atoms with Crippen molar-refractivity contribution in [3.63, 3.8) is 0 Å². The molecule has 2 heterocycles. The summed E-state index contributed by atoms with van der Waals surface area (Å²) in [5, 5.41) is 13.1. The van der Waals surface area contributed by atoms with E-state index in [2.05, 4.69) is 49.4 Å². The van der Waals surface area contributed by atoms with Crippen LogP contribution in [0, 0.1) is 30.6 Å². The zero-order valence-electron chi connectivity index (χ0n) is 16.7. The molecular weight excluding hydrogens is 374 g/mol.